The average Bonchev–Trinajstić information content (AvgIpc) is 4.01. The summed E-state index contributed by atoms with van der Waals surface area (Å²) in [4.78, 5) is 9.15. The molecular formula is C60H71N3S. The van der Waals surface area contributed by atoms with Gasteiger partial charge in [0.05, 0.1) is 30.2 Å². The molecule has 64 heavy (non-hydrogen) atoms. The Morgan fingerprint density at radius 3 is 1.94 bits per heavy atom. The third-order valence-electron chi connectivity index (χ3n) is 18.8. The molecule has 0 bridgehead atoms. The Morgan fingerprint density at radius 2 is 1.17 bits per heavy atom. The fraction of sp³-hybridized carbons (Fsp3) is 0.533. The van der Waals surface area contributed by atoms with Crippen LogP contribution in [0.4, 0.5) is 0 Å². The zero-order valence-corrected chi connectivity index (χ0v) is 39.0. The van der Waals surface area contributed by atoms with Crippen molar-refractivity contribution in [2.24, 2.45) is 53.3 Å². The highest BCUT2D eigenvalue weighted by molar-refractivity contribution is 7.12. The zero-order chi connectivity index (χ0) is 42.1. The van der Waals surface area contributed by atoms with Gasteiger partial charge in [-0.2, -0.15) is 0 Å². The van der Waals surface area contributed by atoms with Gasteiger partial charge in [-0.3, -0.25) is 0 Å². The molecule has 0 amide bonds. The fourth-order valence-corrected chi connectivity index (χ4v) is 17.1. The van der Waals surface area contributed by atoms with Crippen LogP contribution in [0.1, 0.15) is 124 Å². The van der Waals surface area contributed by atoms with Crippen LogP contribution in [0.5, 0.6) is 0 Å². The lowest BCUT2D eigenvalue weighted by Crippen LogP contribution is -2.39. The van der Waals surface area contributed by atoms with Crippen molar-refractivity contribution in [1.29, 1.82) is 0 Å². The van der Waals surface area contributed by atoms with Gasteiger partial charge in [-0.15, -0.1) is 11.3 Å². The van der Waals surface area contributed by atoms with Crippen LogP contribution in [0.25, 0.3) is 12.2 Å². The second kappa shape index (κ2) is 17.0. The average molecular weight is 866 g/mol. The number of allylic oxidation sites excluding steroid dienone is 16. The van der Waals surface area contributed by atoms with E-state index in [0.29, 0.717) is 59.8 Å². The van der Waals surface area contributed by atoms with Gasteiger partial charge < -0.3 is 15.1 Å². The highest BCUT2D eigenvalue weighted by atomic mass is 32.1. The molecule has 3 nitrogen and oxygen atoms in total. The summed E-state index contributed by atoms with van der Waals surface area (Å²) in [6.45, 7) is 0. The summed E-state index contributed by atoms with van der Waals surface area (Å²) in [5.74, 6) is 6.25. The minimum atomic E-state index is 0.439. The number of hydrogen-bond acceptors (Lipinski definition) is 4. The number of likely N-dealkylation sites (tertiary alicyclic amines) is 2. The van der Waals surface area contributed by atoms with Crippen molar-refractivity contribution in [3.05, 3.63) is 153 Å². The molecule has 3 heterocycles. The summed E-state index contributed by atoms with van der Waals surface area (Å²) in [5, 5.41) is 4.01. The largest absolute Gasteiger partial charge is 0.382 e. The van der Waals surface area contributed by atoms with Gasteiger partial charge in [-0.1, -0.05) is 109 Å². The highest BCUT2D eigenvalue weighted by Crippen LogP contribution is 2.56. The molecule has 1 N–H and O–H groups in total. The normalized spacial score (nSPS) is 40.1. The number of hydrogen-bond donors (Lipinski definition) is 1. The van der Waals surface area contributed by atoms with Crippen LogP contribution >= 0.6 is 11.3 Å². The Morgan fingerprint density at radius 1 is 0.500 bits per heavy atom. The second-order valence-electron chi connectivity index (χ2n) is 22.0. The van der Waals surface area contributed by atoms with Gasteiger partial charge in [-0.25, -0.2) is 0 Å². The Kier molecular flexibility index (Phi) is 10.7. The lowest BCUT2D eigenvalue weighted by molar-refractivity contribution is 0.195. The number of fused-ring (bicyclic) bond motifs is 9. The molecule has 332 valence electrons. The quantitative estimate of drug-likeness (QED) is 0.276. The Hall–Kier alpha value is -4.02. The van der Waals surface area contributed by atoms with Gasteiger partial charge in [0.25, 0.3) is 0 Å². The summed E-state index contributed by atoms with van der Waals surface area (Å²) < 4.78 is 0. The van der Waals surface area contributed by atoms with Crippen molar-refractivity contribution in [3.8, 4) is 0 Å². The van der Waals surface area contributed by atoms with E-state index in [1.54, 1.807) is 37.8 Å². The topological polar surface area (TPSA) is 18.5 Å². The van der Waals surface area contributed by atoms with Crippen LogP contribution in [0.2, 0.25) is 0 Å². The molecule has 2 saturated heterocycles. The molecule has 14 unspecified atom stereocenters. The number of nitrogens with one attached hydrogen (secondary N) is 1. The molecule has 0 saturated carbocycles. The van der Waals surface area contributed by atoms with Crippen molar-refractivity contribution >= 4 is 23.5 Å². The van der Waals surface area contributed by atoms with Crippen molar-refractivity contribution in [2.45, 2.75) is 146 Å². The van der Waals surface area contributed by atoms with E-state index in [0.717, 1.165) is 36.5 Å². The first kappa shape index (κ1) is 40.3. The number of rotatable bonds is 7. The fourth-order valence-electron chi connectivity index (χ4n) is 15.8. The number of nitrogens with zero attached hydrogens (tertiary/aromatic N) is 2. The van der Waals surface area contributed by atoms with Gasteiger partial charge in [0.15, 0.2) is 0 Å². The monoisotopic (exact) mass is 866 g/mol. The van der Waals surface area contributed by atoms with Gasteiger partial charge in [0.2, 0.25) is 0 Å². The number of thiophene rings is 1. The molecule has 0 spiro atoms. The van der Waals surface area contributed by atoms with Crippen molar-refractivity contribution < 1.29 is 0 Å². The van der Waals surface area contributed by atoms with Crippen LogP contribution in [0.3, 0.4) is 0 Å². The predicted octanol–water partition coefficient (Wildman–Crippen LogP) is 13.8. The van der Waals surface area contributed by atoms with Gasteiger partial charge >= 0.3 is 0 Å². The maximum Gasteiger partial charge on any atom is 0.0508 e. The molecule has 0 radical (unpaired) electrons. The van der Waals surface area contributed by atoms with Gasteiger partial charge in [0, 0.05) is 32.8 Å². The minimum absolute atomic E-state index is 0.439. The van der Waals surface area contributed by atoms with Crippen molar-refractivity contribution in [3.63, 3.8) is 0 Å². The summed E-state index contributed by atoms with van der Waals surface area (Å²) in [6.07, 6.45) is 73.7. The maximum absolute atomic E-state index is 4.01. The van der Waals surface area contributed by atoms with Crippen LogP contribution < -0.4 is 5.32 Å². The smallest absolute Gasteiger partial charge is 0.0508 e. The van der Waals surface area contributed by atoms with E-state index in [1.165, 1.54) is 108 Å². The van der Waals surface area contributed by atoms with E-state index in [4.69, 9.17) is 0 Å². The van der Waals surface area contributed by atoms with Gasteiger partial charge in [-0.05, 0) is 192 Å². The van der Waals surface area contributed by atoms with Crippen LogP contribution in [-0.4, -0.2) is 40.0 Å². The first-order chi connectivity index (χ1) is 31.7. The lowest BCUT2D eigenvalue weighted by Gasteiger charge is -2.40. The minimum Gasteiger partial charge on any atom is -0.382 e. The molecule has 0 aromatic carbocycles. The van der Waals surface area contributed by atoms with Gasteiger partial charge in [0.1, 0.15) is 0 Å². The zero-order valence-electron chi connectivity index (χ0n) is 38.2. The molecule has 12 aliphatic rings. The van der Waals surface area contributed by atoms with E-state index in [-0.39, 0.29) is 0 Å². The number of aryl methyl sites for hydroxylation is 2. The van der Waals surface area contributed by atoms with E-state index >= 15 is 0 Å². The Balaban J connectivity index is 0.760. The van der Waals surface area contributed by atoms with Crippen LogP contribution in [-0.2, 0) is 12.8 Å². The molecule has 14 atom stereocenters. The van der Waals surface area contributed by atoms with Crippen LogP contribution in [0.15, 0.2) is 132 Å². The van der Waals surface area contributed by atoms with E-state index in [9.17, 15) is 0 Å². The SMILES string of the molecule is C1=CCCC(NC2C=CCCC2C2=CC(C3C=CC4C(C3)C3CC(C5C=CC6C(C5)C5CCC=CC5N6C5=Cc6c(sc7c6C=CCC7)CC5)C=CC3N4C3=CC=CCC3)CCC2)=C1. The Bertz CT molecular complexity index is 2370. The van der Waals surface area contributed by atoms with Crippen LogP contribution in [0, 0.1) is 53.3 Å². The molecule has 1 aromatic rings. The molecule has 4 heteroatoms. The molecule has 2 aliphatic heterocycles. The maximum atomic E-state index is 4.01. The third-order valence-corrected chi connectivity index (χ3v) is 20.1. The first-order valence-electron chi connectivity index (χ1n) is 26.4. The summed E-state index contributed by atoms with van der Waals surface area (Å²) in [7, 11) is 0. The van der Waals surface area contributed by atoms with Crippen molar-refractivity contribution in [1.82, 2.24) is 15.1 Å². The van der Waals surface area contributed by atoms with E-state index < -0.39 is 0 Å². The molecular weight excluding hydrogens is 795 g/mol. The Labute approximate surface area is 388 Å². The molecule has 2 fully saturated rings. The lowest BCUT2D eigenvalue weighted by atomic mass is 9.64. The van der Waals surface area contributed by atoms with E-state index in [1.807, 2.05) is 0 Å². The summed E-state index contributed by atoms with van der Waals surface area (Å²) >= 11 is 2.11. The molecule has 1 aromatic heterocycles. The first-order valence-corrected chi connectivity index (χ1v) is 27.2. The van der Waals surface area contributed by atoms with Crippen molar-refractivity contribution in [2.75, 3.05) is 0 Å². The standard InChI is InChI=1S/C60H71N3S/c1-3-16-44(17-4-1)61-54-23-10-7-20-47(54)43-15-13-14-39(34-43)40-26-31-57-51(36-40)52-37-42(28-32-58(52)62(57)45-18-5-2-6-19-45)41-27-30-56-50(35-41)48-21-8-11-24-55(48)63(56)46-29-33-60-53(38-46)49-22-9-12-25-59(49)64-60/h1-3,5,9-11,16,18,22-24,26-28,30-32,34,38-42,47-48,50-52,54-58,61H,4,6-8,12-15,17,19-21,25,29,33,35-37H2. The summed E-state index contributed by atoms with van der Waals surface area (Å²) in [6, 6.07) is 2.61. The summed E-state index contributed by atoms with van der Waals surface area (Å²) in [5.41, 5.74) is 9.52. The molecule has 13 rings (SSSR count). The predicted molar refractivity (Wildman–Crippen MR) is 268 cm³/mol. The second-order valence-corrected chi connectivity index (χ2v) is 23.2. The third kappa shape index (κ3) is 7.09. The molecule has 10 aliphatic carbocycles. The highest BCUT2D eigenvalue weighted by Gasteiger charge is 2.54. The van der Waals surface area contributed by atoms with E-state index in [2.05, 4.69) is 148 Å².